The van der Waals surface area contributed by atoms with E-state index in [2.05, 4.69) is 16.0 Å². The van der Waals surface area contributed by atoms with E-state index >= 15 is 0 Å². The largest absolute Gasteiger partial charge is 0.484 e. The lowest BCUT2D eigenvalue weighted by Crippen LogP contribution is -2.44. The number of amides is 2. The molecule has 7 heteroatoms. The van der Waals surface area contributed by atoms with Crippen LogP contribution in [0.15, 0.2) is 24.3 Å². The van der Waals surface area contributed by atoms with E-state index in [9.17, 15) is 9.59 Å². The fourth-order valence-corrected chi connectivity index (χ4v) is 3.58. The average Bonchev–Trinajstić information content (AvgIpc) is 3.17. The van der Waals surface area contributed by atoms with Crippen LogP contribution in [0.5, 0.6) is 5.75 Å². The molecule has 1 aliphatic carbocycles. The predicted molar refractivity (Wildman–Crippen MR) is 100 cm³/mol. The Labute approximate surface area is 159 Å². The Balaban J connectivity index is 1.40. The molecule has 2 amide bonds. The van der Waals surface area contributed by atoms with E-state index in [0.29, 0.717) is 16.7 Å². The molecule has 0 bridgehead atoms. The molecule has 0 radical (unpaired) electrons. The molecule has 4 atom stereocenters. The van der Waals surface area contributed by atoms with E-state index in [-0.39, 0.29) is 36.5 Å². The summed E-state index contributed by atoms with van der Waals surface area (Å²) in [7, 11) is 0. The Kier molecular flexibility index (Phi) is 6.38. The quantitative estimate of drug-likeness (QED) is 0.644. The third-order valence-electron chi connectivity index (χ3n) is 5.03. The van der Waals surface area contributed by atoms with Crippen molar-refractivity contribution in [1.29, 1.82) is 0 Å². The zero-order valence-corrected chi connectivity index (χ0v) is 15.7. The summed E-state index contributed by atoms with van der Waals surface area (Å²) in [4.78, 5) is 24.3. The molecule has 26 heavy (non-hydrogen) atoms. The lowest BCUT2D eigenvalue weighted by Gasteiger charge is -2.18. The maximum atomic E-state index is 12.2. The van der Waals surface area contributed by atoms with Gasteiger partial charge in [0.1, 0.15) is 5.75 Å². The van der Waals surface area contributed by atoms with Crippen LogP contribution < -0.4 is 20.7 Å². The van der Waals surface area contributed by atoms with E-state index in [1.165, 1.54) is 0 Å². The Morgan fingerprint density at radius 3 is 2.77 bits per heavy atom. The van der Waals surface area contributed by atoms with Crippen LogP contribution in [0.25, 0.3) is 0 Å². The van der Waals surface area contributed by atoms with Gasteiger partial charge in [0, 0.05) is 23.0 Å². The third-order valence-corrected chi connectivity index (χ3v) is 5.28. The molecule has 6 nitrogen and oxygen atoms in total. The molecular weight excluding hydrogens is 354 g/mol. The first-order valence-corrected chi connectivity index (χ1v) is 9.66. The fraction of sp³-hybridized carbons (Fsp3) is 0.579. The highest BCUT2D eigenvalue weighted by atomic mass is 35.5. The van der Waals surface area contributed by atoms with Crippen LogP contribution in [0.2, 0.25) is 5.02 Å². The van der Waals surface area contributed by atoms with Crippen LogP contribution in [0.4, 0.5) is 0 Å². The molecule has 1 saturated carbocycles. The van der Waals surface area contributed by atoms with Gasteiger partial charge in [0.2, 0.25) is 5.91 Å². The second-order valence-electron chi connectivity index (χ2n) is 6.99. The molecule has 3 rings (SSSR count). The second-order valence-corrected chi connectivity index (χ2v) is 7.42. The van der Waals surface area contributed by atoms with Crippen LogP contribution in [0.1, 0.15) is 32.6 Å². The first kappa shape index (κ1) is 19.0. The molecular formula is C19H26ClN3O3. The Morgan fingerprint density at radius 2 is 2.12 bits per heavy atom. The minimum absolute atomic E-state index is 0.0339. The van der Waals surface area contributed by atoms with Gasteiger partial charge in [0.15, 0.2) is 6.61 Å². The van der Waals surface area contributed by atoms with Crippen molar-refractivity contribution in [3.05, 3.63) is 29.3 Å². The Morgan fingerprint density at radius 1 is 1.35 bits per heavy atom. The molecule has 3 N–H and O–H groups in total. The molecule has 1 saturated heterocycles. The highest BCUT2D eigenvalue weighted by Crippen LogP contribution is 2.35. The van der Waals surface area contributed by atoms with Gasteiger partial charge in [-0.2, -0.15) is 0 Å². The average molecular weight is 380 g/mol. The first-order chi connectivity index (χ1) is 12.6. The van der Waals surface area contributed by atoms with Crippen LogP contribution >= 0.6 is 11.6 Å². The van der Waals surface area contributed by atoms with Crippen molar-refractivity contribution in [2.75, 3.05) is 13.2 Å². The van der Waals surface area contributed by atoms with Gasteiger partial charge >= 0.3 is 0 Å². The van der Waals surface area contributed by atoms with Gasteiger partial charge < -0.3 is 20.7 Å². The minimum Gasteiger partial charge on any atom is -0.484 e. The molecule has 0 aromatic heterocycles. The number of hydrogen-bond donors (Lipinski definition) is 3. The number of benzene rings is 1. The lowest BCUT2D eigenvalue weighted by atomic mass is 10.1. The van der Waals surface area contributed by atoms with Crippen molar-refractivity contribution in [2.24, 2.45) is 5.92 Å². The number of carbonyl (C=O) groups excluding carboxylic acids is 2. The number of nitrogens with one attached hydrogen (secondary N) is 3. The van der Waals surface area contributed by atoms with Crippen LogP contribution in [0, 0.1) is 5.92 Å². The molecule has 4 unspecified atom stereocenters. The summed E-state index contributed by atoms with van der Waals surface area (Å²) in [6.07, 6.45) is 3.69. The van der Waals surface area contributed by atoms with Crippen molar-refractivity contribution < 1.29 is 14.3 Å². The van der Waals surface area contributed by atoms with Gasteiger partial charge in [0.25, 0.3) is 5.91 Å². The molecule has 0 spiro atoms. The van der Waals surface area contributed by atoms with Crippen molar-refractivity contribution >= 4 is 23.4 Å². The second kappa shape index (κ2) is 8.73. The maximum absolute atomic E-state index is 12.2. The van der Waals surface area contributed by atoms with Crippen LogP contribution in [-0.2, 0) is 9.59 Å². The van der Waals surface area contributed by atoms with Gasteiger partial charge in [0.05, 0.1) is 6.04 Å². The minimum atomic E-state index is -0.152. The summed E-state index contributed by atoms with van der Waals surface area (Å²) in [5, 5.41) is 9.96. The monoisotopic (exact) mass is 379 g/mol. The highest BCUT2D eigenvalue weighted by Gasteiger charge is 2.44. The van der Waals surface area contributed by atoms with Gasteiger partial charge in [-0.05, 0) is 56.5 Å². The zero-order chi connectivity index (χ0) is 18.5. The standard InChI is InChI=1S/C19H26ClN3O3/c1-2-15(14-10-17(14)23-19(25)16-4-3-9-21-16)22-18(24)11-26-13-7-5-12(20)6-8-13/h5-8,14-17,21H,2-4,9-11H2,1H3,(H,22,24)(H,23,25). The van der Waals surface area contributed by atoms with Gasteiger partial charge in [-0.25, -0.2) is 0 Å². The van der Waals surface area contributed by atoms with Gasteiger partial charge in [-0.1, -0.05) is 18.5 Å². The summed E-state index contributed by atoms with van der Waals surface area (Å²) in [5.74, 6) is 0.839. The van der Waals surface area contributed by atoms with E-state index < -0.39 is 0 Å². The topological polar surface area (TPSA) is 79.5 Å². The van der Waals surface area contributed by atoms with E-state index in [0.717, 1.165) is 32.2 Å². The molecule has 1 aromatic rings. The van der Waals surface area contributed by atoms with Gasteiger partial charge in [-0.3, -0.25) is 9.59 Å². The fourth-order valence-electron chi connectivity index (χ4n) is 3.46. The molecule has 2 aliphatic rings. The summed E-state index contributed by atoms with van der Waals surface area (Å²) < 4.78 is 5.48. The first-order valence-electron chi connectivity index (χ1n) is 9.28. The van der Waals surface area contributed by atoms with Crippen molar-refractivity contribution in [3.63, 3.8) is 0 Å². The van der Waals surface area contributed by atoms with E-state index in [1.54, 1.807) is 24.3 Å². The molecule has 1 heterocycles. The van der Waals surface area contributed by atoms with Crippen molar-refractivity contribution in [3.8, 4) is 5.75 Å². The third kappa shape index (κ3) is 5.11. The van der Waals surface area contributed by atoms with E-state index in [1.807, 2.05) is 6.92 Å². The highest BCUT2D eigenvalue weighted by molar-refractivity contribution is 6.30. The van der Waals surface area contributed by atoms with Crippen LogP contribution in [0.3, 0.4) is 0 Å². The molecule has 142 valence electrons. The normalized spacial score (nSPS) is 25.4. The van der Waals surface area contributed by atoms with Crippen molar-refractivity contribution in [1.82, 2.24) is 16.0 Å². The summed E-state index contributed by atoms with van der Waals surface area (Å²) >= 11 is 5.83. The summed E-state index contributed by atoms with van der Waals surface area (Å²) in [5.41, 5.74) is 0. The lowest BCUT2D eigenvalue weighted by molar-refractivity contribution is -0.124. The number of ether oxygens (including phenoxy) is 1. The summed E-state index contributed by atoms with van der Waals surface area (Å²) in [6, 6.07) is 7.07. The number of halogens is 1. The Hall–Kier alpha value is -1.79. The molecule has 1 aliphatic heterocycles. The Bertz CT molecular complexity index is 631. The number of hydrogen-bond acceptors (Lipinski definition) is 4. The number of carbonyl (C=O) groups is 2. The smallest absolute Gasteiger partial charge is 0.258 e. The SMILES string of the molecule is CCC(NC(=O)COc1ccc(Cl)cc1)C1CC1NC(=O)C1CCCN1. The van der Waals surface area contributed by atoms with Gasteiger partial charge in [-0.15, -0.1) is 0 Å². The maximum Gasteiger partial charge on any atom is 0.258 e. The zero-order valence-electron chi connectivity index (χ0n) is 15.0. The number of rotatable bonds is 8. The van der Waals surface area contributed by atoms with Crippen molar-refractivity contribution in [2.45, 2.75) is 50.7 Å². The van der Waals surface area contributed by atoms with E-state index in [4.69, 9.17) is 16.3 Å². The molecule has 2 fully saturated rings. The van der Waals surface area contributed by atoms with Crippen LogP contribution in [-0.4, -0.2) is 43.1 Å². The summed E-state index contributed by atoms with van der Waals surface area (Å²) in [6.45, 7) is 2.92. The predicted octanol–water partition coefficient (Wildman–Crippen LogP) is 1.87. The molecule has 1 aromatic carbocycles.